The Balaban J connectivity index is 1.72. The van der Waals surface area contributed by atoms with E-state index in [0.717, 1.165) is 25.2 Å². The molecule has 2 heteroatoms. The number of fused-ring (bicyclic) bond motifs is 1. The van der Waals surface area contributed by atoms with Crippen molar-refractivity contribution in [2.24, 2.45) is 0 Å². The molecule has 0 fully saturated rings. The second kappa shape index (κ2) is 6.51. The number of rotatable bonds is 5. The number of nitrogens with zero attached hydrogens (tertiary/aromatic N) is 1. The van der Waals surface area contributed by atoms with Crippen LogP contribution in [0.2, 0.25) is 0 Å². The van der Waals surface area contributed by atoms with Gasteiger partial charge in [-0.15, -0.1) is 0 Å². The number of hydrogen-bond acceptors (Lipinski definition) is 2. The van der Waals surface area contributed by atoms with Gasteiger partial charge in [-0.2, -0.15) is 0 Å². The number of pyridine rings is 1. The Hall–Kier alpha value is -2.19. The van der Waals surface area contributed by atoms with E-state index in [1.54, 1.807) is 0 Å². The van der Waals surface area contributed by atoms with Crippen molar-refractivity contribution in [3.63, 3.8) is 0 Å². The number of aryl methyl sites for hydroxylation is 1. The first kappa shape index (κ1) is 13.8. The third-order valence-electron chi connectivity index (χ3n) is 3.85. The van der Waals surface area contributed by atoms with Gasteiger partial charge in [0.05, 0.1) is 5.69 Å². The number of benzene rings is 2. The molecule has 0 radical (unpaired) electrons. The molecule has 106 valence electrons. The summed E-state index contributed by atoms with van der Waals surface area (Å²) in [7, 11) is 0. The Bertz CT molecular complexity index is 729. The molecule has 21 heavy (non-hydrogen) atoms. The van der Waals surface area contributed by atoms with Crippen LogP contribution in [0.1, 0.15) is 23.7 Å². The maximum Gasteiger partial charge on any atom is 0.0573 e. The SMILES string of the molecule is CCc1cccnc1CNCc1cccc2ccccc12. The third-order valence-corrected chi connectivity index (χ3v) is 3.85. The smallest absolute Gasteiger partial charge is 0.0573 e. The first-order valence-electron chi connectivity index (χ1n) is 7.48. The van der Waals surface area contributed by atoms with Crippen molar-refractivity contribution in [1.82, 2.24) is 10.3 Å². The molecular formula is C19H20N2. The number of hydrogen-bond donors (Lipinski definition) is 1. The zero-order valence-corrected chi connectivity index (χ0v) is 12.3. The lowest BCUT2D eigenvalue weighted by Crippen LogP contribution is -2.15. The maximum absolute atomic E-state index is 4.48. The molecule has 0 aliphatic rings. The average molecular weight is 276 g/mol. The van der Waals surface area contributed by atoms with Gasteiger partial charge in [0.1, 0.15) is 0 Å². The van der Waals surface area contributed by atoms with Gasteiger partial charge in [-0.25, -0.2) is 0 Å². The van der Waals surface area contributed by atoms with Crippen LogP contribution >= 0.6 is 0 Å². The lowest BCUT2D eigenvalue weighted by atomic mass is 10.0. The van der Waals surface area contributed by atoms with Gasteiger partial charge in [0.15, 0.2) is 0 Å². The highest BCUT2D eigenvalue weighted by molar-refractivity contribution is 5.85. The zero-order valence-electron chi connectivity index (χ0n) is 12.3. The predicted octanol–water partition coefficient (Wildman–Crippen LogP) is 4.09. The van der Waals surface area contributed by atoms with Gasteiger partial charge < -0.3 is 5.32 Å². The molecule has 0 spiro atoms. The van der Waals surface area contributed by atoms with E-state index in [0.29, 0.717) is 0 Å². The monoisotopic (exact) mass is 276 g/mol. The van der Waals surface area contributed by atoms with Gasteiger partial charge in [-0.05, 0) is 34.4 Å². The fraction of sp³-hybridized carbons (Fsp3) is 0.211. The standard InChI is InChI=1S/C19H20N2/c1-2-15-10-6-12-21-19(15)14-20-13-17-9-5-8-16-7-3-4-11-18(16)17/h3-12,20H,2,13-14H2,1H3. The largest absolute Gasteiger partial charge is 0.307 e. The summed E-state index contributed by atoms with van der Waals surface area (Å²) in [6, 6.07) is 19.2. The van der Waals surface area contributed by atoms with E-state index in [1.165, 1.54) is 21.9 Å². The Labute approximate surface area is 125 Å². The van der Waals surface area contributed by atoms with E-state index in [1.807, 2.05) is 12.3 Å². The molecule has 0 unspecified atom stereocenters. The molecule has 0 saturated heterocycles. The summed E-state index contributed by atoms with van der Waals surface area (Å²) in [5, 5.41) is 6.14. The number of nitrogens with one attached hydrogen (secondary N) is 1. The Kier molecular flexibility index (Phi) is 4.27. The first-order valence-corrected chi connectivity index (χ1v) is 7.48. The van der Waals surface area contributed by atoms with Crippen molar-refractivity contribution in [3.05, 3.63) is 77.6 Å². The van der Waals surface area contributed by atoms with E-state index < -0.39 is 0 Å². The van der Waals surface area contributed by atoms with E-state index in [9.17, 15) is 0 Å². The van der Waals surface area contributed by atoms with Crippen LogP contribution in [0.3, 0.4) is 0 Å². The second-order valence-electron chi connectivity index (χ2n) is 5.20. The lowest BCUT2D eigenvalue weighted by molar-refractivity contribution is 0.676. The molecule has 3 aromatic rings. The number of aromatic nitrogens is 1. The minimum absolute atomic E-state index is 0.813. The summed E-state index contributed by atoms with van der Waals surface area (Å²) in [6.07, 6.45) is 2.90. The Morgan fingerprint density at radius 3 is 2.57 bits per heavy atom. The van der Waals surface area contributed by atoms with Crippen LogP contribution in [0.4, 0.5) is 0 Å². The lowest BCUT2D eigenvalue weighted by Gasteiger charge is -2.10. The van der Waals surface area contributed by atoms with Crippen LogP contribution in [-0.4, -0.2) is 4.98 Å². The highest BCUT2D eigenvalue weighted by atomic mass is 14.9. The van der Waals surface area contributed by atoms with Crippen LogP contribution in [0, 0.1) is 0 Å². The Morgan fingerprint density at radius 2 is 1.67 bits per heavy atom. The molecule has 0 aliphatic heterocycles. The van der Waals surface area contributed by atoms with Crippen molar-refractivity contribution in [1.29, 1.82) is 0 Å². The maximum atomic E-state index is 4.48. The summed E-state index contributed by atoms with van der Waals surface area (Å²) in [5.74, 6) is 0. The topological polar surface area (TPSA) is 24.9 Å². The molecule has 2 nitrogen and oxygen atoms in total. The van der Waals surface area contributed by atoms with Crippen molar-refractivity contribution in [2.75, 3.05) is 0 Å². The fourth-order valence-corrected chi connectivity index (χ4v) is 2.71. The average Bonchev–Trinajstić information content (AvgIpc) is 2.55. The highest BCUT2D eigenvalue weighted by Gasteiger charge is 2.03. The van der Waals surface area contributed by atoms with Crippen LogP contribution in [0.15, 0.2) is 60.8 Å². The molecule has 2 aromatic carbocycles. The summed E-state index contributed by atoms with van der Waals surface area (Å²) < 4.78 is 0. The van der Waals surface area contributed by atoms with Gasteiger partial charge in [-0.1, -0.05) is 55.5 Å². The molecule has 0 aliphatic carbocycles. The molecule has 0 atom stereocenters. The fourth-order valence-electron chi connectivity index (χ4n) is 2.71. The van der Waals surface area contributed by atoms with Gasteiger partial charge in [0, 0.05) is 19.3 Å². The molecule has 3 rings (SSSR count). The van der Waals surface area contributed by atoms with Gasteiger partial charge in [-0.3, -0.25) is 4.98 Å². The highest BCUT2D eigenvalue weighted by Crippen LogP contribution is 2.18. The molecule has 1 N–H and O–H groups in total. The summed E-state index contributed by atoms with van der Waals surface area (Å²) in [6.45, 7) is 3.85. The van der Waals surface area contributed by atoms with E-state index in [-0.39, 0.29) is 0 Å². The minimum Gasteiger partial charge on any atom is -0.307 e. The minimum atomic E-state index is 0.813. The quantitative estimate of drug-likeness (QED) is 0.759. The van der Waals surface area contributed by atoms with Crippen LogP contribution < -0.4 is 5.32 Å². The van der Waals surface area contributed by atoms with Crippen LogP contribution in [0.5, 0.6) is 0 Å². The van der Waals surface area contributed by atoms with E-state index in [2.05, 4.69) is 65.8 Å². The summed E-state index contributed by atoms with van der Waals surface area (Å²) >= 11 is 0. The van der Waals surface area contributed by atoms with Gasteiger partial charge >= 0.3 is 0 Å². The van der Waals surface area contributed by atoms with Crippen LogP contribution in [0.25, 0.3) is 10.8 Å². The van der Waals surface area contributed by atoms with Crippen molar-refractivity contribution in [3.8, 4) is 0 Å². The second-order valence-corrected chi connectivity index (χ2v) is 5.20. The molecule has 1 aromatic heterocycles. The first-order chi connectivity index (χ1) is 10.4. The van der Waals surface area contributed by atoms with Gasteiger partial charge in [0.2, 0.25) is 0 Å². The Morgan fingerprint density at radius 1 is 0.857 bits per heavy atom. The van der Waals surface area contributed by atoms with Crippen LogP contribution in [-0.2, 0) is 19.5 Å². The van der Waals surface area contributed by atoms with E-state index in [4.69, 9.17) is 0 Å². The van der Waals surface area contributed by atoms with Crippen molar-refractivity contribution < 1.29 is 0 Å². The molecule has 0 amide bonds. The third kappa shape index (κ3) is 3.11. The molecular weight excluding hydrogens is 256 g/mol. The zero-order chi connectivity index (χ0) is 14.5. The summed E-state index contributed by atoms with van der Waals surface area (Å²) in [5.41, 5.74) is 3.81. The normalized spacial score (nSPS) is 10.9. The van der Waals surface area contributed by atoms with Crippen molar-refractivity contribution >= 4 is 10.8 Å². The molecule has 1 heterocycles. The predicted molar refractivity (Wildman–Crippen MR) is 88.1 cm³/mol. The van der Waals surface area contributed by atoms with E-state index >= 15 is 0 Å². The molecule has 0 bridgehead atoms. The summed E-state index contributed by atoms with van der Waals surface area (Å²) in [4.78, 5) is 4.48. The molecule has 0 saturated carbocycles. The van der Waals surface area contributed by atoms with Crippen molar-refractivity contribution in [2.45, 2.75) is 26.4 Å². The van der Waals surface area contributed by atoms with Gasteiger partial charge in [0.25, 0.3) is 0 Å².